The number of rotatable bonds is 12. The summed E-state index contributed by atoms with van der Waals surface area (Å²) in [5.74, 6) is 0. The zero-order valence-electron chi connectivity index (χ0n) is 15.2. The van der Waals surface area contributed by atoms with E-state index in [-0.39, 0.29) is 11.2 Å². The van der Waals surface area contributed by atoms with Gasteiger partial charge in [0.25, 0.3) is 0 Å². The fourth-order valence-electron chi connectivity index (χ4n) is 2.67. The number of benzene rings is 1. The monoisotopic (exact) mass is 384 g/mol. The number of fused-ring (bicyclic) bond motifs is 1. The Labute approximate surface area is 152 Å². The van der Waals surface area contributed by atoms with Crippen LogP contribution in [0.25, 0.3) is 11.0 Å². The summed E-state index contributed by atoms with van der Waals surface area (Å²) >= 11 is 0. The van der Waals surface area contributed by atoms with E-state index in [0.29, 0.717) is 43.6 Å². The van der Waals surface area contributed by atoms with Gasteiger partial charge in [-0.3, -0.25) is 10.1 Å². The van der Waals surface area contributed by atoms with Gasteiger partial charge in [0, 0.05) is 38.5 Å². The molecule has 0 aliphatic heterocycles. The van der Waals surface area contributed by atoms with Crippen LogP contribution in [-0.4, -0.2) is 50.4 Å². The highest BCUT2D eigenvalue weighted by atomic mass is 28.4. The van der Waals surface area contributed by atoms with Crippen molar-refractivity contribution in [1.29, 1.82) is 0 Å². The van der Waals surface area contributed by atoms with E-state index in [2.05, 4.69) is 20.3 Å². The van der Waals surface area contributed by atoms with Gasteiger partial charge in [-0.2, -0.15) is 0 Å². The summed E-state index contributed by atoms with van der Waals surface area (Å²) in [6.07, 6.45) is 0.746. The lowest BCUT2D eigenvalue weighted by molar-refractivity contribution is -0.383. The lowest BCUT2D eigenvalue weighted by atomic mass is 10.2. The standard InChI is InChI=1S/C15H24N4O6Si/c1-4-22-26(23-5-2,24-6-3)11-7-10-16-12-8-9-13(19(20)21)15-14(12)17-25-18-15/h8-9,16H,4-7,10-11H2,1-3H3. The summed E-state index contributed by atoms with van der Waals surface area (Å²) in [6, 6.07) is 3.65. The molecule has 0 spiro atoms. The minimum Gasteiger partial charge on any atom is -0.383 e. The Morgan fingerprint density at radius 2 is 1.73 bits per heavy atom. The number of non-ortho nitro benzene ring substituents is 1. The molecular formula is C15H24N4O6Si. The molecule has 1 aromatic heterocycles. The molecule has 0 amide bonds. The molecule has 11 heteroatoms. The first kappa shape index (κ1) is 20.2. The van der Waals surface area contributed by atoms with Crippen molar-refractivity contribution in [2.24, 2.45) is 0 Å². The fraction of sp³-hybridized carbons (Fsp3) is 0.600. The lowest BCUT2D eigenvalue weighted by Crippen LogP contribution is -2.46. The number of nitro benzene ring substituents is 1. The number of anilines is 1. The van der Waals surface area contributed by atoms with Crippen LogP contribution < -0.4 is 5.32 Å². The molecule has 0 fully saturated rings. The maximum Gasteiger partial charge on any atom is 0.500 e. The third kappa shape index (κ3) is 4.75. The summed E-state index contributed by atoms with van der Waals surface area (Å²) in [6.45, 7) is 7.96. The Bertz CT molecular complexity index is 708. The topological polar surface area (TPSA) is 122 Å². The first-order valence-electron chi connectivity index (χ1n) is 8.62. The summed E-state index contributed by atoms with van der Waals surface area (Å²) < 4.78 is 22.1. The van der Waals surface area contributed by atoms with Crippen molar-refractivity contribution in [3.63, 3.8) is 0 Å². The van der Waals surface area contributed by atoms with Crippen molar-refractivity contribution in [3.8, 4) is 0 Å². The fourth-order valence-corrected chi connectivity index (χ4v) is 5.28. The average Bonchev–Trinajstić information content (AvgIpc) is 3.09. The first-order valence-corrected chi connectivity index (χ1v) is 10.6. The predicted molar refractivity (Wildman–Crippen MR) is 97.0 cm³/mol. The van der Waals surface area contributed by atoms with Gasteiger partial charge in [-0.1, -0.05) is 0 Å². The molecular weight excluding hydrogens is 360 g/mol. The maximum atomic E-state index is 11.0. The smallest absolute Gasteiger partial charge is 0.383 e. The van der Waals surface area contributed by atoms with Crippen molar-refractivity contribution in [3.05, 3.63) is 22.2 Å². The summed E-state index contributed by atoms with van der Waals surface area (Å²) in [7, 11) is -2.67. The van der Waals surface area contributed by atoms with Crippen molar-refractivity contribution < 1.29 is 22.8 Å². The van der Waals surface area contributed by atoms with Crippen LogP contribution in [0.4, 0.5) is 11.4 Å². The van der Waals surface area contributed by atoms with Gasteiger partial charge in [-0.15, -0.1) is 0 Å². The van der Waals surface area contributed by atoms with E-state index in [1.807, 2.05) is 20.8 Å². The van der Waals surface area contributed by atoms with Gasteiger partial charge in [0.05, 0.1) is 10.6 Å². The molecule has 0 aliphatic rings. The van der Waals surface area contributed by atoms with Crippen LogP contribution in [0.1, 0.15) is 27.2 Å². The largest absolute Gasteiger partial charge is 0.500 e. The van der Waals surface area contributed by atoms with Crippen molar-refractivity contribution in [1.82, 2.24) is 10.3 Å². The second kappa shape index (κ2) is 9.57. The first-order chi connectivity index (χ1) is 12.6. The number of nitrogens with zero attached hydrogens (tertiary/aromatic N) is 3. The zero-order chi connectivity index (χ0) is 19.0. The lowest BCUT2D eigenvalue weighted by Gasteiger charge is -2.28. The van der Waals surface area contributed by atoms with E-state index >= 15 is 0 Å². The predicted octanol–water partition coefficient (Wildman–Crippen LogP) is 2.98. The van der Waals surface area contributed by atoms with Gasteiger partial charge in [-0.25, -0.2) is 4.63 Å². The molecule has 144 valence electrons. The van der Waals surface area contributed by atoms with Gasteiger partial charge in [-0.05, 0) is 43.6 Å². The number of nitro groups is 1. The number of nitrogens with one attached hydrogen (secondary N) is 1. The third-order valence-electron chi connectivity index (χ3n) is 3.66. The van der Waals surface area contributed by atoms with Crippen LogP contribution in [0.15, 0.2) is 16.8 Å². The Morgan fingerprint density at radius 1 is 1.12 bits per heavy atom. The van der Waals surface area contributed by atoms with E-state index in [0.717, 1.165) is 6.42 Å². The number of hydrogen-bond acceptors (Lipinski definition) is 9. The van der Waals surface area contributed by atoms with Gasteiger partial charge in [0.1, 0.15) is 0 Å². The molecule has 0 aliphatic carbocycles. The van der Waals surface area contributed by atoms with Crippen molar-refractivity contribution in [2.75, 3.05) is 31.7 Å². The Hall–Kier alpha value is -2.08. The molecule has 1 aromatic carbocycles. The van der Waals surface area contributed by atoms with Crippen molar-refractivity contribution in [2.45, 2.75) is 33.2 Å². The Kier molecular flexibility index (Phi) is 7.45. The zero-order valence-corrected chi connectivity index (χ0v) is 16.2. The highest BCUT2D eigenvalue weighted by Gasteiger charge is 2.39. The SMILES string of the molecule is CCO[Si](CCCNc1ccc([N+](=O)[O-])c2nonc12)(OCC)OCC. The van der Waals surface area contributed by atoms with Crippen LogP contribution in [0.5, 0.6) is 0 Å². The molecule has 1 N–H and O–H groups in total. The Morgan fingerprint density at radius 3 is 2.31 bits per heavy atom. The van der Waals surface area contributed by atoms with Crippen LogP contribution in [0.3, 0.4) is 0 Å². The molecule has 0 radical (unpaired) electrons. The van der Waals surface area contributed by atoms with Gasteiger partial charge < -0.3 is 18.6 Å². The Balaban J connectivity index is 2.01. The van der Waals surface area contributed by atoms with Crippen molar-refractivity contribution >= 4 is 31.2 Å². The second-order valence-corrected chi connectivity index (χ2v) is 8.10. The molecule has 26 heavy (non-hydrogen) atoms. The summed E-state index contributed by atoms with van der Waals surface area (Å²) in [4.78, 5) is 10.5. The maximum absolute atomic E-state index is 11.0. The van der Waals surface area contributed by atoms with E-state index in [4.69, 9.17) is 13.3 Å². The highest BCUT2D eigenvalue weighted by Crippen LogP contribution is 2.28. The highest BCUT2D eigenvalue weighted by molar-refractivity contribution is 6.60. The normalized spacial score (nSPS) is 11.8. The van der Waals surface area contributed by atoms with E-state index in [1.165, 1.54) is 6.07 Å². The molecule has 2 aromatic rings. The molecule has 10 nitrogen and oxygen atoms in total. The summed E-state index contributed by atoms with van der Waals surface area (Å²) in [5, 5.41) is 21.6. The molecule has 0 bridgehead atoms. The van der Waals surface area contributed by atoms with Crippen LogP contribution >= 0.6 is 0 Å². The average molecular weight is 384 g/mol. The number of hydrogen-bond donors (Lipinski definition) is 1. The number of aromatic nitrogens is 2. The van der Waals surface area contributed by atoms with Gasteiger partial charge >= 0.3 is 14.5 Å². The third-order valence-corrected chi connectivity index (χ3v) is 6.81. The molecule has 0 saturated carbocycles. The molecule has 2 rings (SSSR count). The van der Waals surface area contributed by atoms with E-state index in [1.54, 1.807) is 6.07 Å². The van der Waals surface area contributed by atoms with E-state index < -0.39 is 13.7 Å². The molecule has 0 atom stereocenters. The summed E-state index contributed by atoms with van der Waals surface area (Å²) in [5.41, 5.74) is 0.953. The minimum atomic E-state index is -2.67. The van der Waals surface area contributed by atoms with E-state index in [9.17, 15) is 10.1 Å². The quantitative estimate of drug-likeness (QED) is 0.255. The van der Waals surface area contributed by atoms with Gasteiger partial charge in [0.2, 0.25) is 5.52 Å². The molecule has 0 saturated heterocycles. The second-order valence-electron chi connectivity index (χ2n) is 5.36. The van der Waals surface area contributed by atoms with Crippen LogP contribution in [0.2, 0.25) is 6.04 Å². The molecule has 1 heterocycles. The minimum absolute atomic E-state index is 0.127. The van der Waals surface area contributed by atoms with Gasteiger partial charge in [0.15, 0.2) is 5.52 Å². The molecule has 0 unspecified atom stereocenters. The van der Waals surface area contributed by atoms with Crippen LogP contribution in [-0.2, 0) is 13.3 Å². The van der Waals surface area contributed by atoms with Crippen LogP contribution in [0, 0.1) is 10.1 Å².